The molecule has 2 N–H and O–H groups in total. The van der Waals surface area contributed by atoms with Crippen molar-refractivity contribution in [2.45, 2.75) is 109 Å². The molecule has 662 valence electrons. The summed E-state index contributed by atoms with van der Waals surface area (Å²) >= 11 is 0. The maximum atomic E-state index is 13.0. The van der Waals surface area contributed by atoms with Gasteiger partial charge < -0.3 is 67.4 Å². The number of pyridine rings is 6. The summed E-state index contributed by atoms with van der Waals surface area (Å²) in [6, 6.07) is 41.4. The summed E-state index contributed by atoms with van der Waals surface area (Å²) in [5.74, 6) is 4.95. The second-order valence-electron chi connectivity index (χ2n) is 34.7. The minimum absolute atomic E-state index is 0.0727. The Bertz CT molecular complexity index is 6260. The zero-order chi connectivity index (χ0) is 87.6. The zero-order valence-corrected chi connectivity index (χ0v) is 73.8. The molecule has 20 rings (SSSR count). The van der Waals surface area contributed by atoms with Crippen LogP contribution in [-0.2, 0) is 0 Å². The summed E-state index contributed by atoms with van der Waals surface area (Å²) < 4.78 is 32.0. The van der Waals surface area contributed by atoms with Gasteiger partial charge in [-0.15, -0.1) is 0 Å². The lowest BCUT2D eigenvalue weighted by Crippen LogP contribution is -2.40. The first-order chi connectivity index (χ1) is 62.0. The van der Waals surface area contributed by atoms with Crippen molar-refractivity contribution >= 4 is 45.3 Å². The highest BCUT2D eigenvalue weighted by atomic mass is 16.5. The summed E-state index contributed by atoms with van der Waals surface area (Å²) in [4.78, 5) is 94.2. The Hall–Kier alpha value is -12.2. The summed E-state index contributed by atoms with van der Waals surface area (Å²) in [5, 5.41) is 18.2. The molecule has 0 atom stereocenters. The first-order valence-corrected chi connectivity index (χ1v) is 45.1. The minimum Gasteiger partial charge on any atom is -0.493 e. The maximum absolute atomic E-state index is 13.0. The molecule has 12 aromatic heterocycles. The van der Waals surface area contributed by atoms with Crippen molar-refractivity contribution in [3.63, 3.8) is 0 Å². The molecule has 18 heterocycles. The Balaban J connectivity index is 0.000000119. The molecule has 0 radical (unpaired) electrons. The number of fused-ring (bicyclic) bond motifs is 6. The van der Waals surface area contributed by atoms with Crippen molar-refractivity contribution in [1.29, 1.82) is 0 Å². The van der Waals surface area contributed by atoms with Crippen molar-refractivity contribution in [3.8, 4) is 68.0 Å². The van der Waals surface area contributed by atoms with E-state index in [1.807, 2.05) is 157 Å². The first kappa shape index (κ1) is 86.9. The van der Waals surface area contributed by atoms with Crippen LogP contribution in [0.2, 0.25) is 0 Å². The predicted molar refractivity (Wildman–Crippen MR) is 498 cm³/mol. The number of piperidine rings is 5. The molecular weight excluding hydrogens is 1600 g/mol. The van der Waals surface area contributed by atoms with Crippen LogP contribution in [0.15, 0.2) is 202 Å². The van der Waals surface area contributed by atoms with Gasteiger partial charge in [-0.1, -0.05) is 18.6 Å². The quantitative estimate of drug-likeness (QED) is 0.0718. The van der Waals surface area contributed by atoms with Crippen molar-refractivity contribution in [2.24, 2.45) is 11.8 Å². The standard InChI is InChI=1S/C27H34N4O3.C26H32N4O3.2C23H25N5O2/c1-33-24-8-6-21(16-25(24)34-2)23-17-27(32)31-19-22(7-9-26(31)28-23)30-14-10-20(11-15-30)18-29-12-4-3-5-13-29;1-32-23-7-5-20(15-24(23)33-2)22-16-26(31)30-18-21(6-8-25(30)27-22)29-13-9-19(10-14-29)17-28-11-3-4-12-28;2*1-16-13-27-14-19(3-4-21(27)24-16)20-12-23(30)28-15-18(2-5-22(28)25-20)17-6-8-26(9-7-17)10-11-29/h6-9,16-17,19-20H,3-5,10-15,18H2,1-2H3;5-8,15-16,18-19H,3-4,9-14,17H2,1-2H3;2*2-5,12-15,17,29H,6-11H2,1H3. The number of anilines is 2. The Morgan fingerprint density at radius 2 is 0.646 bits per heavy atom. The van der Waals surface area contributed by atoms with Crippen LogP contribution in [0.4, 0.5) is 11.4 Å². The van der Waals surface area contributed by atoms with Gasteiger partial charge >= 0.3 is 0 Å². The number of rotatable bonds is 20. The topological polar surface area (TPSA) is 269 Å². The number of ether oxygens (including phenoxy) is 4. The van der Waals surface area contributed by atoms with E-state index in [1.54, 1.807) is 70.3 Å². The number of hydrogen-bond donors (Lipinski definition) is 2. The molecule has 28 nitrogen and oxygen atoms in total. The monoisotopic (exact) mass is 1720 g/mol. The fourth-order valence-electron chi connectivity index (χ4n) is 19.2. The second-order valence-corrected chi connectivity index (χ2v) is 34.7. The molecule has 28 heteroatoms. The molecule has 6 aliphatic heterocycles. The zero-order valence-electron chi connectivity index (χ0n) is 73.8. The molecule has 127 heavy (non-hydrogen) atoms. The third kappa shape index (κ3) is 20.3. The van der Waals surface area contributed by atoms with Gasteiger partial charge in [-0.2, -0.15) is 0 Å². The largest absolute Gasteiger partial charge is 0.493 e. The number of aliphatic hydroxyl groups is 2. The van der Waals surface area contributed by atoms with Gasteiger partial charge in [0.25, 0.3) is 22.2 Å². The third-order valence-corrected chi connectivity index (χ3v) is 26.3. The smallest absolute Gasteiger partial charge is 0.258 e. The first-order valence-electron chi connectivity index (χ1n) is 45.1. The Morgan fingerprint density at radius 1 is 0.315 bits per heavy atom. The van der Waals surface area contributed by atoms with E-state index in [2.05, 4.69) is 63.6 Å². The number of imidazole rings is 2. The predicted octanol–water partition coefficient (Wildman–Crippen LogP) is 12.8. The molecule has 0 amide bonds. The van der Waals surface area contributed by atoms with Gasteiger partial charge in [0.1, 0.15) is 33.9 Å². The van der Waals surface area contributed by atoms with Gasteiger partial charge in [-0.3, -0.25) is 36.8 Å². The van der Waals surface area contributed by atoms with Gasteiger partial charge in [-0.05, 0) is 275 Å². The Kier molecular flexibility index (Phi) is 27.2. The summed E-state index contributed by atoms with van der Waals surface area (Å²) in [6.07, 6.45) is 31.4. The number of benzene rings is 2. The van der Waals surface area contributed by atoms with E-state index in [0.29, 0.717) is 80.2 Å². The second kappa shape index (κ2) is 39.8. The minimum atomic E-state index is -0.0874. The number of likely N-dealkylation sites (tertiary alicyclic amines) is 4. The highest BCUT2D eigenvalue weighted by molar-refractivity contribution is 5.69. The van der Waals surface area contributed by atoms with Crippen LogP contribution in [0.3, 0.4) is 0 Å². The maximum Gasteiger partial charge on any atom is 0.258 e. The van der Waals surface area contributed by atoms with Gasteiger partial charge in [0.2, 0.25) is 0 Å². The van der Waals surface area contributed by atoms with E-state index >= 15 is 0 Å². The highest BCUT2D eigenvalue weighted by Gasteiger charge is 2.28. The third-order valence-electron chi connectivity index (χ3n) is 26.3. The SMILES string of the molecule is COc1ccc(-c2cc(=O)n3cc(N4CCC(CN5CCCC5)CC4)ccc3n2)cc1OC.COc1ccc(-c2cc(=O)n3cc(N4CCC(CN5CCCCC5)CC4)ccc3n2)cc1OC.Cc1cn2cc(-c3cc(=O)n4cc(C5CCN(CCO)CC5)ccc4n3)ccc2n1.Cc1cn2cc(-c3cc(=O)n4cc(C5CCN(CCO)CC5)ccc4n3)ccc2n1. The molecule has 6 aliphatic rings. The van der Waals surface area contributed by atoms with Gasteiger partial charge in [-0.25, -0.2) is 29.9 Å². The van der Waals surface area contributed by atoms with Crippen molar-refractivity contribution < 1.29 is 29.2 Å². The van der Waals surface area contributed by atoms with Crippen LogP contribution in [0.25, 0.3) is 78.9 Å². The fourth-order valence-corrected chi connectivity index (χ4v) is 19.2. The van der Waals surface area contributed by atoms with E-state index in [0.717, 1.165) is 159 Å². The van der Waals surface area contributed by atoms with E-state index in [-0.39, 0.29) is 35.5 Å². The molecule has 6 fully saturated rings. The van der Waals surface area contributed by atoms with Crippen molar-refractivity contribution in [1.82, 2.24) is 75.9 Å². The number of aryl methyl sites for hydroxylation is 2. The van der Waals surface area contributed by atoms with Crippen LogP contribution in [0.1, 0.15) is 118 Å². The molecule has 0 saturated carbocycles. The van der Waals surface area contributed by atoms with E-state index in [1.165, 1.54) is 108 Å². The lowest BCUT2D eigenvalue weighted by atomic mass is 9.90. The average Bonchev–Trinajstić information content (AvgIpc) is 1.39. The van der Waals surface area contributed by atoms with Crippen LogP contribution >= 0.6 is 0 Å². The van der Waals surface area contributed by atoms with Crippen LogP contribution in [0, 0.1) is 25.7 Å². The molecule has 0 unspecified atom stereocenters. The molecule has 2 aromatic carbocycles. The number of β-amino-alcohol motifs (C(OH)–C–C–N with tert-alkyl or cyclic N) is 2. The van der Waals surface area contributed by atoms with Gasteiger partial charge in [0.15, 0.2) is 23.0 Å². The molecule has 6 saturated heterocycles. The number of nitrogens with zero attached hydrogens (tertiary/aromatic N) is 18. The normalized spacial score (nSPS) is 16.9. The molecule has 14 aromatic rings. The lowest BCUT2D eigenvalue weighted by Gasteiger charge is -2.37. The number of aromatic nitrogens is 12. The van der Waals surface area contributed by atoms with Crippen molar-refractivity contribution in [3.05, 3.63) is 247 Å². The highest BCUT2D eigenvalue weighted by Crippen LogP contribution is 2.37. The van der Waals surface area contributed by atoms with Crippen LogP contribution in [0.5, 0.6) is 23.0 Å². The average molecular weight is 1720 g/mol. The number of hydrogen-bond acceptors (Lipinski definition) is 22. The van der Waals surface area contributed by atoms with E-state index < -0.39 is 0 Å². The molecule has 0 spiro atoms. The number of aliphatic hydroxyl groups excluding tert-OH is 2. The summed E-state index contributed by atoms with van der Waals surface area (Å²) in [5.41, 5.74) is 16.4. The summed E-state index contributed by atoms with van der Waals surface area (Å²) in [6.45, 7) is 21.4. The van der Waals surface area contributed by atoms with E-state index in [9.17, 15) is 19.2 Å². The lowest BCUT2D eigenvalue weighted by molar-refractivity contribution is 0.164. The number of methoxy groups -OCH3 is 4. The molecular formula is C99H116N18O10. The van der Waals surface area contributed by atoms with E-state index in [4.69, 9.17) is 49.1 Å². The Morgan fingerprint density at radius 3 is 1.01 bits per heavy atom. The van der Waals surface area contributed by atoms with Gasteiger partial charge in [0.05, 0.1) is 87.2 Å². The van der Waals surface area contributed by atoms with Crippen molar-refractivity contribution in [2.75, 3.05) is 156 Å². The fraction of sp³-hybridized carbons (Fsp3) is 0.414. The van der Waals surface area contributed by atoms with Crippen LogP contribution in [-0.4, -0.2) is 232 Å². The van der Waals surface area contributed by atoms with Crippen LogP contribution < -0.4 is 51.0 Å². The Labute approximate surface area is 738 Å². The van der Waals surface area contributed by atoms with Gasteiger partial charge in [0, 0.05) is 148 Å². The molecule has 0 aliphatic carbocycles. The summed E-state index contributed by atoms with van der Waals surface area (Å²) in [7, 11) is 6.40. The molecule has 0 bridgehead atoms.